The Kier molecular flexibility index (Phi) is 6.15. The summed E-state index contributed by atoms with van der Waals surface area (Å²) >= 11 is 0. The molecule has 1 aromatic heterocycles. The molecule has 122 valence electrons. The minimum Gasteiger partial charge on any atom is -0.355 e. The molecule has 4 nitrogen and oxygen atoms in total. The van der Waals surface area contributed by atoms with Crippen LogP contribution in [0.15, 0.2) is 42.6 Å². The number of anilines is 2. The molecule has 0 spiro atoms. The van der Waals surface area contributed by atoms with Crippen molar-refractivity contribution in [2.75, 3.05) is 11.9 Å². The molecule has 2 N–H and O–H groups in total. The molecule has 0 fully saturated rings. The number of benzene rings is 1. The standard InChI is InChI=1S/C19H25N3O/c1-4-15-5-7-16(8-6-15)22-17-10-12-20-18(13-17)19(23)21-11-9-14(2)3/h5-8,10,12-14H,4,9,11H2,1-3H3,(H,20,22)(H,21,23). The molecule has 0 radical (unpaired) electrons. The number of amides is 1. The van der Waals surface area contributed by atoms with E-state index in [4.69, 9.17) is 0 Å². The summed E-state index contributed by atoms with van der Waals surface area (Å²) in [5.41, 5.74) is 3.59. The Labute approximate surface area is 138 Å². The predicted octanol–water partition coefficient (Wildman–Crippen LogP) is 4.16. The first-order chi connectivity index (χ1) is 11.1. The van der Waals surface area contributed by atoms with Crippen molar-refractivity contribution in [1.29, 1.82) is 0 Å². The molecule has 0 aliphatic rings. The summed E-state index contributed by atoms with van der Waals surface area (Å²) in [5, 5.41) is 6.21. The van der Waals surface area contributed by atoms with E-state index in [1.165, 1.54) is 5.56 Å². The lowest BCUT2D eigenvalue weighted by atomic mass is 10.1. The molecule has 2 rings (SSSR count). The first-order valence-electron chi connectivity index (χ1n) is 8.18. The van der Waals surface area contributed by atoms with Crippen LogP contribution in [-0.2, 0) is 6.42 Å². The SMILES string of the molecule is CCc1ccc(Nc2ccnc(C(=O)NCCC(C)C)c2)cc1. The summed E-state index contributed by atoms with van der Waals surface area (Å²) in [7, 11) is 0. The van der Waals surface area contributed by atoms with Crippen molar-refractivity contribution in [2.45, 2.75) is 33.6 Å². The maximum atomic E-state index is 12.1. The Morgan fingerprint density at radius 2 is 1.87 bits per heavy atom. The van der Waals surface area contributed by atoms with Gasteiger partial charge in [-0.2, -0.15) is 0 Å². The topological polar surface area (TPSA) is 54.0 Å². The van der Waals surface area contributed by atoms with Crippen LogP contribution in [0.5, 0.6) is 0 Å². The van der Waals surface area contributed by atoms with Crippen molar-refractivity contribution >= 4 is 17.3 Å². The van der Waals surface area contributed by atoms with Gasteiger partial charge in [-0.25, -0.2) is 0 Å². The quantitative estimate of drug-likeness (QED) is 0.807. The number of nitrogens with one attached hydrogen (secondary N) is 2. The van der Waals surface area contributed by atoms with Gasteiger partial charge in [0.05, 0.1) is 0 Å². The number of hydrogen-bond acceptors (Lipinski definition) is 3. The monoisotopic (exact) mass is 311 g/mol. The molecule has 4 heteroatoms. The Balaban J connectivity index is 1.99. The highest BCUT2D eigenvalue weighted by Crippen LogP contribution is 2.17. The summed E-state index contributed by atoms with van der Waals surface area (Å²) in [6.45, 7) is 7.08. The van der Waals surface area contributed by atoms with Crippen molar-refractivity contribution in [1.82, 2.24) is 10.3 Å². The third kappa shape index (κ3) is 5.40. The minimum absolute atomic E-state index is 0.129. The highest BCUT2D eigenvalue weighted by atomic mass is 16.1. The van der Waals surface area contributed by atoms with Gasteiger partial charge in [0, 0.05) is 24.1 Å². The molecule has 2 aromatic rings. The molecular weight excluding hydrogens is 286 g/mol. The molecule has 0 bridgehead atoms. The minimum atomic E-state index is -0.129. The molecular formula is C19H25N3O. The zero-order chi connectivity index (χ0) is 16.7. The van der Waals surface area contributed by atoms with E-state index >= 15 is 0 Å². The van der Waals surface area contributed by atoms with E-state index in [1.807, 2.05) is 18.2 Å². The maximum Gasteiger partial charge on any atom is 0.269 e. The normalized spacial score (nSPS) is 10.6. The third-order valence-corrected chi connectivity index (χ3v) is 3.65. The molecule has 1 heterocycles. The Morgan fingerprint density at radius 3 is 2.52 bits per heavy atom. The first kappa shape index (κ1) is 17.0. The summed E-state index contributed by atoms with van der Waals surface area (Å²) in [6.07, 6.45) is 3.64. The van der Waals surface area contributed by atoms with Crippen LogP contribution in [-0.4, -0.2) is 17.4 Å². The van der Waals surface area contributed by atoms with E-state index < -0.39 is 0 Å². The van der Waals surface area contributed by atoms with Gasteiger partial charge in [0.15, 0.2) is 0 Å². The van der Waals surface area contributed by atoms with Crippen LogP contribution in [0.3, 0.4) is 0 Å². The summed E-state index contributed by atoms with van der Waals surface area (Å²) in [6, 6.07) is 11.9. The molecule has 23 heavy (non-hydrogen) atoms. The fourth-order valence-electron chi connectivity index (χ4n) is 2.19. The second kappa shape index (κ2) is 8.32. The van der Waals surface area contributed by atoms with Gasteiger partial charge in [-0.3, -0.25) is 9.78 Å². The molecule has 0 aliphatic heterocycles. The van der Waals surface area contributed by atoms with Gasteiger partial charge in [-0.15, -0.1) is 0 Å². The van der Waals surface area contributed by atoms with Crippen LogP contribution in [0.25, 0.3) is 0 Å². The van der Waals surface area contributed by atoms with Crippen LogP contribution in [0.4, 0.5) is 11.4 Å². The average molecular weight is 311 g/mol. The van der Waals surface area contributed by atoms with Crippen molar-refractivity contribution in [3.63, 3.8) is 0 Å². The number of rotatable bonds is 7. The van der Waals surface area contributed by atoms with E-state index in [0.29, 0.717) is 18.2 Å². The number of pyridine rings is 1. The second-order valence-corrected chi connectivity index (χ2v) is 6.04. The Morgan fingerprint density at radius 1 is 1.13 bits per heavy atom. The van der Waals surface area contributed by atoms with Gasteiger partial charge in [-0.1, -0.05) is 32.9 Å². The van der Waals surface area contributed by atoms with Crippen LogP contribution < -0.4 is 10.6 Å². The molecule has 0 atom stereocenters. The summed E-state index contributed by atoms with van der Waals surface area (Å²) in [4.78, 5) is 16.3. The summed E-state index contributed by atoms with van der Waals surface area (Å²) < 4.78 is 0. The smallest absolute Gasteiger partial charge is 0.269 e. The van der Waals surface area contributed by atoms with Gasteiger partial charge in [0.2, 0.25) is 0 Å². The largest absolute Gasteiger partial charge is 0.355 e. The van der Waals surface area contributed by atoms with Gasteiger partial charge in [0.1, 0.15) is 5.69 Å². The lowest BCUT2D eigenvalue weighted by Gasteiger charge is -2.10. The Bertz CT molecular complexity index is 635. The van der Waals surface area contributed by atoms with Crippen LogP contribution >= 0.6 is 0 Å². The third-order valence-electron chi connectivity index (χ3n) is 3.65. The van der Waals surface area contributed by atoms with E-state index in [-0.39, 0.29) is 5.91 Å². The number of carbonyl (C=O) groups excluding carboxylic acids is 1. The van der Waals surface area contributed by atoms with Crippen LogP contribution in [0.2, 0.25) is 0 Å². The van der Waals surface area contributed by atoms with Crippen molar-refractivity contribution in [2.24, 2.45) is 5.92 Å². The highest BCUT2D eigenvalue weighted by molar-refractivity contribution is 5.93. The lowest BCUT2D eigenvalue weighted by Crippen LogP contribution is -2.26. The maximum absolute atomic E-state index is 12.1. The van der Waals surface area contributed by atoms with Crippen molar-refractivity contribution < 1.29 is 4.79 Å². The first-order valence-corrected chi connectivity index (χ1v) is 8.18. The fourth-order valence-corrected chi connectivity index (χ4v) is 2.19. The number of hydrogen-bond donors (Lipinski definition) is 2. The van der Waals surface area contributed by atoms with Gasteiger partial charge >= 0.3 is 0 Å². The summed E-state index contributed by atoms with van der Waals surface area (Å²) in [5.74, 6) is 0.443. The molecule has 0 saturated carbocycles. The molecule has 0 saturated heterocycles. The number of aryl methyl sites for hydroxylation is 1. The van der Waals surface area contributed by atoms with E-state index in [9.17, 15) is 4.79 Å². The number of nitrogens with zero attached hydrogens (tertiary/aromatic N) is 1. The highest BCUT2D eigenvalue weighted by Gasteiger charge is 2.08. The average Bonchev–Trinajstić information content (AvgIpc) is 2.55. The van der Waals surface area contributed by atoms with Gasteiger partial charge in [0.25, 0.3) is 5.91 Å². The molecule has 0 aliphatic carbocycles. The Hall–Kier alpha value is -2.36. The van der Waals surface area contributed by atoms with Crippen LogP contribution in [0, 0.1) is 5.92 Å². The van der Waals surface area contributed by atoms with Crippen molar-refractivity contribution in [3.8, 4) is 0 Å². The van der Waals surface area contributed by atoms with E-state index in [1.54, 1.807) is 12.3 Å². The zero-order valence-electron chi connectivity index (χ0n) is 14.1. The van der Waals surface area contributed by atoms with E-state index in [0.717, 1.165) is 24.2 Å². The molecule has 1 amide bonds. The molecule has 0 unspecified atom stereocenters. The number of carbonyl (C=O) groups is 1. The lowest BCUT2D eigenvalue weighted by molar-refractivity contribution is 0.0947. The van der Waals surface area contributed by atoms with E-state index in [2.05, 4.69) is 48.5 Å². The number of aromatic nitrogens is 1. The van der Waals surface area contributed by atoms with Gasteiger partial charge in [-0.05, 0) is 48.6 Å². The molecule has 1 aromatic carbocycles. The van der Waals surface area contributed by atoms with Gasteiger partial charge < -0.3 is 10.6 Å². The predicted molar refractivity (Wildman–Crippen MR) is 95.1 cm³/mol. The second-order valence-electron chi connectivity index (χ2n) is 6.04. The van der Waals surface area contributed by atoms with Crippen molar-refractivity contribution in [3.05, 3.63) is 53.9 Å². The zero-order valence-corrected chi connectivity index (χ0v) is 14.1. The fraction of sp³-hybridized carbons (Fsp3) is 0.368. The van der Waals surface area contributed by atoms with Crippen LogP contribution in [0.1, 0.15) is 43.2 Å².